The molecule has 0 bridgehead atoms. The van der Waals surface area contributed by atoms with Gasteiger partial charge in [-0.3, -0.25) is 14.5 Å². The smallest absolute Gasteiger partial charge is 0.317 e. The Morgan fingerprint density at radius 1 is 0.964 bits per heavy atom. The van der Waals surface area contributed by atoms with Gasteiger partial charge in [-0.2, -0.15) is 0 Å². The van der Waals surface area contributed by atoms with Gasteiger partial charge in [0.15, 0.2) is 0 Å². The molecule has 2 aliphatic rings. The molecule has 1 amide bonds. The van der Waals surface area contributed by atoms with Gasteiger partial charge in [0.2, 0.25) is 0 Å². The Hall–Kier alpha value is -2.66. The Labute approximate surface area is 165 Å². The van der Waals surface area contributed by atoms with Crippen molar-refractivity contribution in [3.05, 3.63) is 60.2 Å². The lowest BCUT2D eigenvalue weighted by atomic mass is 9.85. The number of aliphatic carboxylic acids is 1. The van der Waals surface area contributed by atoms with Crippen LogP contribution in [0.3, 0.4) is 0 Å². The fraction of sp³-hybridized carbons (Fsp3) is 0.391. The average Bonchev–Trinajstić information content (AvgIpc) is 3.48. The van der Waals surface area contributed by atoms with Gasteiger partial charge in [0.25, 0.3) is 5.91 Å². The van der Waals surface area contributed by atoms with E-state index in [0.29, 0.717) is 11.5 Å². The third kappa shape index (κ3) is 4.60. The zero-order valence-electron chi connectivity index (χ0n) is 15.9. The predicted octanol–water partition coefficient (Wildman–Crippen LogP) is 3.41. The standard InChI is InChI=1S/C23H26N2O3/c26-22(27)15-25(14-16-6-7-16)21-12-20(13-21)24-23(28)19-10-8-18(9-11-19)17-4-2-1-3-5-17/h1-5,8-11,16,20-21H,6-7,12-15H2,(H,24,28)(H,26,27). The molecule has 0 aliphatic heterocycles. The number of benzene rings is 2. The molecule has 146 valence electrons. The Bertz CT molecular complexity index is 825. The second-order valence-corrected chi connectivity index (χ2v) is 8.01. The van der Waals surface area contributed by atoms with E-state index >= 15 is 0 Å². The number of carbonyl (C=O) groups is 2. The van der Waals surface area contributed by atoms with Crippen molar-refractivity contribution in [3.8, 4) is 11.1 Å². The largest absolute Gasteiger partial charge is 0.480 e. The molecule has 0 heterocycles. The van der Waals surface area contributed by atoms with Crippen molar-refractivity contribution in [2.45, 2.75) is 37.8 Å². The Kier molecular flexibility index (Phi) is 5.44. The van der Waals surface area contributed by atoms with Crippen LogP contribution in [-0.2, 0) is 4.79 Å². The van der Waals surface area contributed by atoms with Crippen LogP contribution in [0.15, 0.2) is 54.6 Å². The van der Waals surface area contributed by atoms with Crippen molar-refractivity contribution in [1.29, 1.82) is 0 Å². The zero-order chi connectivity index (χ0) is 19.5. The minimum Gasteiger partial charge on any atom is -0.480 e. The summed E-state index contributed by atoms with van der Waals surface area (Å²) in [6.45, 7) is 0.974. The minimum atomic E-state index is -0.772. The number of carbonyl (C=O) groups excluding carboxylic acids is 1. The Morgan fingerprint density at radius 3 is 2.21 bits per heavy atom. The summed E-state index contributed by atoms with van der Waals surface area (Å²) in [7, 11) is 0. The first-order valence-corrected chi connectivity index (χ1v) is 10.0. The van der Waals surface area contributed by atoms with Crippen LogP contribution in [0, 0.1) is 5.92 Å². The number of hydrogen-bond acceptors (Lipinski definition) is 3. The predicted molar refractivity (Wildman–Crippen MR) is 108 cm³/mol. The van der Waals surface area contributed by atoms with Gasteiger partial charge < -0.3 is 10.4 Å². The second-order valence-electron chi connectivity index (χ2n) is 8.01. The molecular weight excluding hydrogens is 352 g/mol. The van der Waals surface area contributed by atoms with E-state index in [1.54, 1.807) is 0 Å². The second kappa shape index (κ2) is 8.15. The maximum atomic E-state index is 12.5. The van der Waals surface area contributed by atoms with Crippen LogP contribution >= 0.6 is 0 Å². The van der Waals surface area contributed by atoms with Gasteiger partial charge in [0, 0.05) is 24.2 Å². The molecule has 0 radical (unpaired) electrons. The van der Waals surface area contributed by atoms with E-state index in [4.69, 9.17) is 5.11 Å². The van der Waals surface area contributed by atoms with Crippen LogP contribution in [0.4, 0.5) is 0 Å². The van der Waals surface area contributed by atoms with Crippen molar-refractivity contribution >= 4 is 11.9 Å². The number of rotatable bonds is 8. The quantitative estimate of drug-likeness (QED) is 0.739. The molecular formula is C23H26N2O3. The third-order valence-electron chi connectivity index (χ3n) is 5.75. The van der Waals surface area contributed by atoms with Gasteiger partial charge in [-0.1, -0.05) is 42.5 Å². The summed E-state index contributed by atoms with van der Waals surface area (Å²) in [5.41, 5.74) is 2.87. The highest BCUT2D eigenvalue weighted by Gasteiger charge is 2.37. The molecule has 0 spiro atoms. The first-order chi connectivity index (χ1) is 13.6. The third-order valence-corrected chi connectivity index (χ3v) is 5.75. The molecule has 28 heavy (non-hydrogen) atoms. The Balaban J connectivity index is 1.29. The van der Waals surface area contributed by atoms with Gasteiger partial charge in [0.05, 0.1) is 6.54 Å². The highest BCUT2D eigenvalue weighted by atomic mass is 16.4. The zero-order valence-corrected chi connectivity index (χ0v) is 15.9. The highest BCUT2D eigenvalue weighted by molar-refractivity contribution is 5.95. The summed E-state index contributed by atoms with van der Waals surface area (Å²) < 4.78 is 0. The molecule has 2 N–H and O–H groups in total. The van der Waals surface area contributed by atoms with E-state index in [2.05, 4.69) is 10.2 Å². The lowest BCUT2D eigenvalue weighted by molar-refractivity contribution is -0.139. The molecule has 5 heteroatoms. The molecule has 5 nitrogen and oxygen atoms in total. The minimum absolute atomic E-state index is 0.0601. The summed E-state index contributed by atoms with van der Waals surface area (Å²) in [4.78, 5) is 25.7. The summed E-state index contributed by atoms with van der Waals surface area (Å²) in [6.07, 6.45) is 4.08. The molecule has 2 aromatic carbocycles. The number of carboxylic acids is 1. The van der Waals surface area contributed by atoms with E-state index in [1.165, 1.54) is 12.8 Å². The molecule has 2 aromatic rings. The fourth-order valence-corrected chi connectivity index (χ4v) is 3.87. The van der Waals surface area contributed by atoms with Crippen LogP contribution in [-0.4, -0.2) is 47.1 Å². The van der Waals surface area contributed by atoms with E-state index < -0.39 is 5.97 Å². The summed E-state index contributed by atoms with van der Waals surface area (Å²) >= 11 is 0. The number of hydrogen-bond donors (Lipinski definition) is 2. The molecule has 2 fully saturated rings. The summed E-state index contributed by atoms with van der Waals surface area (Å²) in [5.74, 6) is -0.169. The van der Waals surface area contributed by atoms with E-state index in [0.717, 1.165) is 30.5 Å². The maximum Gasteiger partial charge on any atom is 0.317 e. The number of carboxylic acid groups (broad SMARTS) is 1. The van der Waals surface area contributed by atoms with Crippen molar-refractivity contribution in [2.75, 3.05) is 13.1 Å². The highest BCUT2D eigenvalue weighted by Crippen LogP contribution is 2.33. The lowest BCUT2D eigenvalue weighted by Gasteiger charge is -2.42. The molecule has 4 rings (SSSR count). The van der Waals surface area contributed by atoms with Gasteiger partial charge in [-0.25, -0.2) is 0 Å². The molecule has 2 aliphatic carbocycles. The first kappa shape index (κ1) is 18.7. The van der Waals surface area contributed by atoms with Gasteiger partial charge in [-0.05, 0) is 54.9 Å². The van der Waals surface area contributed by atoms with E-state index in [9.17, 15) is 9.59 Å². The molecule has 0 saturated heterocycles. The van der Waals surface area contributed by atoms with Gasteiger partial charge >= 0.3 is 5.97 Å². The van der Waals surface area contributed by atoms with Crippen LogP contribution in [0.5, 0.6) is 0 Å². The Morgan fingerprint density at radius 2 is 1.61 bits per heavy atom. The molecule has 2 saturated carbocycles. The summed E-state index contributed by atoms with van der Waals surface area (Å²) in [6, 6.07) is 18.1. The fourth-order valence-electron chi connectivity index (χ4n) is 3.87. The van der Waals surface area contributed by atoms with Gasteiger partial charge in [0.1, 0.15) is 0 Å². The maximum absolute atomic E-state index is 12.5. The first-order valence-electron chi connectivity index (χ1n) is 10.0. The van der Waals surface area contributed by atoms with Crippen molar-refractivity contribution < 1.29 is 14.7 Å². The molecule has 0 unspecified atom stereocenters. The van der Waals surface area contributed by atoms with Crippen LogP contribution < -0.4 is 5.32 Å². The monoisotopic (exact) mass is 378 g/mol. The van der Waals surface area contributed by atoms with E-state index in [1.807, 2.05) is 54.6 Å². The topological polar surface area (TPSA) is 69.6 Å². The normalized spacial score (nSPS) is 21.2. The lowest BCUT2D eigenvalue weighted by Crippen LogP contribution is -2.55. The van der Waals surface area contributed by atoms with E-state index in [-0.39, 0.29) is 24.5 Å². The number of amides is 1. The van der Waals surface area contributed by atoms with Crippen molar-refractivity contribution in [1.82, 2.24) is 10.2 Å². The molecule has 0 atom stereocenters. The van der Waals surface area contributed by atoms with Gasteiger partial charge in [-0.15, -0.1) is 0 Å². The SMILES string of the molecule is O=C(O)CN(CC1CC1)C1CC(NC(=O)c2ccc(-c3ccccc3)cc2)C1. The van der Waals surface area contributed by atoms with Crippen molar-refractivity contribution in [3.63, 3.8) is 0 Å². The molecule has 0 aromatic heterocycles. The average molecular weight is 378 g/mol. The van der Waals surface area contributed by atoms with Crippen LogP contribution in [0.2, 0.25) is 0 Å². The van der Waals surface area contributed by atoms with Crippen molar-refractivity contribution in [2.24, 2.45) is 5.92 Å². The summed E-state index contributed by atoms with van der Waals surface area (Å²) in [5, 5.41) is 12.2. The van der Waals surface area contributed by atoms with Crippen LogP contribution in [0.25, 0.3) is 11.1 Å². The van der Waals surface area contributed by atoms with Crippen LogP contribution in [0.1, 0.15) is 36.0 Å². The number of nitrogens with one attached hydrogen (secondary N) is 1. The number of nitrogens with zero attached hydrogens (tertiary/aromatic N) is 1.